The molecule has 0 saturated heterocycles. The highest BCUT2D eigenvalue weighted by Gasteiger charge is 2.10. The molecular formula is C10H12N4O3S. The van der Waals surface area contributed by atoms with E-state index in [1.54, 1.807) is 0 Å². The molecule has 1 rings (SSSR count). The predicted octanol–water partition coefficient (Wildman–Crippen LogP) is 1.16. The Morgan fingerprint density at radius 1 is 1.72 bits per heavy atom. The van der Waals surface area contributed by atoms with Crippen LogP contribution in [0.2, 0.25) is 0 Å². The van der Waals surface area contributed by atoms with Gasteiger partial charge in [-0.05, 0) is 25.2 Å². The number of non-ortho nitro benzene ring substituents is 1. The maximum Gasteiger partial charge on any atom is 0.270 e. The summed E-state index contributed by atoms with van der Waals surface area (Å²) < 4.78 is 5.32. The third-order valence-electron chi connectivity index (χ3n) is 1.88. The molecule has 0 bridgehead atoms. The highest BCUT2D eigenvalue weighted by atomic mass is 32.1. The summed E-state index contributed by atoms with van der Waals surface area (Å²) >= 11 is 4.58. The Morgan fingerprint density at radius 2 is 2.44 bits per heavy atom. The molecule has 96 valence electrons. The van der Waals surface area contributed by atoms with Gasteiger partial charge >= 0.3 is 0 Å². The van der Waals surface area contributed by atoms with Gasteiger partial charge in [0.25, 0.3) is 5.69 Å². The van der Waals surface area contributed by atoms with Crippen molar-refractivity contribution in [1.29, 1.82) is 0 Å². The molecule has 1 aromatic carbocycles. The van der Waals surface area contributed by atoms with Crippen molar-refractivity contribution in [2.45, 2.75) is 6.92 Å². The van der Waals surface area contributed by atoms with E-state index in [4.69, 9.17) is 10.5 Å². The standard InChI is InChI=1S/C10H12N4O3S/c1-2-17-9-4-3-8(14(15)16)5-7(9)6-12-13-10(11)18/h3-6H,2H2,1H3,(H3,11,13,18)/b12-6+. The number of nitrogens with zero attached hydrogens (tertiary/aromatic N) is 2. The lowest BCUT2D eigenvalue weighted by Gasteiger charge is -2.06. The van der Waals surface area contributed by atoms with Crippen molar-refractivity contribution in [3.63, 3.8) is 0 Å². The number of benzene rings is 1. The summed E-state index contributed by atoms with van der Waals surface area (Å²) in [5, 5.41) is 14.4. The van der Waals surface area contributed by atoms with Gasteiger partial charge in [-0.15, -0.1) is 0 Å². The molecule has 3 N–H and O–H groups in total. The number of nitrogens with one attached hydrogen (secondary N) is 1. The first-order valence-corrected chi connectivity index (χ1v) is 5.45. The Morgan fingerprint density at radius 3 is 3.00 bits per heavy atom. The van der Waals surface area contributed by atoms with E-state index < -0.39 is 4.92 Å². The molecule has 0 aliphatic heterocycles. The van der Waals surface area contributed by atoms with Crippen LogP contribution in [0, 0.1) is 10.1 Å². The molecule has 8 heteroatoms. The summed E-state index contributed by atoms with van der Waals surface area (Å²) in [7, 11) is 0. The van der Waals surface area contributed by atoms with Gasteiger partial charge in [-0.1, -0.05) is 0 Å². The third-order valence-corrected chi connectivity index (χ3v) is 1.97. The van der Waals surface area contributed by atoms with E-state index >= 15 is 0 Å². The molecule has 0 saturated carbocycles. The van der Waals surface area contributed by atoms with Crippen molar-refractivity contribution >= 4 is 29.2 Å². The van der Waals surface area contributed by atoms with Crippen LogP contribution in [0.15, 0.2) is 23.3 Å². The molecule has 18 heavy (non-hydrogen) atoms. The minimum absolute atomic E-state index is 0.00893. The molecule has 0 aliphatic carbocycles. The Hall–Kier alpha value is -2.22. The number of rotatable bonds is 5. The first-order valence-electron chi connectivity index (χ1n) is 5.04. The number of nitrogens with two attached hydrogens (primary N) is 1. The zero-order valence-corrected chi connectivity index (χ0v) is 10.4. The van der Waals surface area contributed by atoms with Crippen LogP contribution < -0.4 is 15.9 Å². The van der Waals surface area contributed by atoms with Crippen LogP contribution in [0.25, 0.3) is 0 Å². The summed E-state index contributed by atoms with van der Waals surface area (Å²) in [6.45, 7) is 2.26. The van der Waals surface area contributed by atoms with Crippen molar-refractivity contribution in [3.8, 4) is 5.75 Å². The lowest BCUT2D eigenvalue weighted by Crippen LogP contribution is -2.24. The second kappa shape index (κ2) is 6.50. The van der Waals surface area contributed by atoms with Gasteiger partial charge < -0.3 is 10.5 Å². The Balaban J connectivity index is 3.02. The van der Waals surface area contributed by atoms with Gasteiger partial charge in [-0.3, -0.25) is 15.5 Å². The van der Waals surface area contributed by atoms with Crippen LogP contribution in [0.3, 0.4) is 0 Å². The maximum atomic E-state index is 10.7. The molecule has 0 heterocycles. The highest BCUT2D eigenvalue weighted by Crippen LogP contribution is 2.22. The van der Waals surface area contributed by atoms with Gasteiger partial charge in [-0.25, -0.2) is 0 Å². The molecule has 0 radical (unpaired) electrons. The number of hydrogen-bond acceptors (Lipinski definition) is 5. The molecular weight excluding hydrogens is 256 g/mol. The van der Waals surface area contributed by atoms with Gasteiger partial charge in [0.05, 0.1) is 17.7 Å². The number of thiocarbonyl (C=S) groups is 1. The van der Waals surface area contributed by atoms with E-state index in [1.165, 1.54) is 24.4 Å². The van der Waals surface area contributed by atoms with Crippen LogP contribution in [-0.4, -0.2) is 22.9 Å². The van der Waals surface area contributed by atoms with Gasteiger partial charge in [-0.2, -0.15) is 5.10 Å². The molecule has 0 fully saturated rings. The Labute approximate surface area is 109 Å². The fourth-order valence-corrected chi connectivity index (χ4v) is 1.26. The van der Waals surface area contributed by atoms with Crippen LogP contribution in [0.1, 0.15) is 12.5 Å². The number of nitro benzene ring substituents is 1. The van der Waals surface area contributed by atoms with Gasteiger partial charge in [0.1, 0.15) is 5.75 Å². The lowest BCUT2D eigenvalue weighted by molar-refractivity contribution is -0.384. The van der Waals surface area contributed by atoms with E-state index in [0.717, 1.165) is 0 Å². The van der Waals surface area contributed by atoms with Gasteiger partial charge in [0.2, 0.25) is 0 Å². The van der Waals surface area contributed by atoms with E-state index in [1.807, 2.05) is 6.92 Å². The van der Waals surface area contributed by atoms with Crippen molar-refractivity contribution in [2.24, 2.45) is 10.8 Å². The number of hydrogen-bond donors (Lipinski definition) is 2. The zero-order valence-electron chi connectivity index (χ0n) is 9.62. The second-order valence-corrected chi connectivity index (χ2v) is 3.59. The number of hydrazone groups is 1. The third kappa shape index (κ3) is 3.98. The van der Waals surface area contributed by atoms with Gasteiger partial charge in [0.15, 0.2) is 5.11 Å². The zero-order chi connectivity index (χ0) is 13.5. The van der Waals surface area contributed by atoms with Crippen molar-refractivity contribution in [2.75, 3.05) is 6.61 Å². The fourth-order valence-electron chi connectivity index (χ4n) is 1.20. The largest absolute Gasteiger partial charge is 0.493 e. The molecule has 0 atom stereocenters. The van der Waals surface area contributed by atoms with E-state index in [0.29, 0.717) is 17.9 Å². The maximum absolute atomic E-state index is 10.7. The molecule has 1 aromatic rings. The summed E-state index contributed by atoms with van der Waals surface area (Å²) in [4.78, 5) is 10.2. The van der Waals surface area contributed by atoms with E-state index in [-0.39, 0.29) is 10.8 Å². The highest BCUT2D eigenvalue weighted by molar-refractivity contribution is 7.80. The first kappa shape index (κ1) is 13.8. The smallest absolute Gasteiger partial charge is 0.270 e. The average molecular weight is 268 g/mol. The number of ether oxygens (including phenoxy) is 1. The SMILES string of the molecule is CCOc1ccc([N+](=O)[O-])cc1/C=N/NC(N)=S. The first-order chi connectivity index (χ1) is 8.54. The fraction of sp³-hybridized carbons (Fsp3) is 0.200. The normalized spacial score (nSPS) is 10.3. The monoisotopic (exact) mass is 268 g/mol. The molecule has 0 aromatic heterocycles. The molecule has 0 unspecified atom stereocenters. The van der Waals surface area contributed by atoms with Crippen molar-refractivity contribution in [3.05, 3.63) is 33.9 Å². The van der Waals surface area contributed by atoms with Crippen molar-refractivity contribution < 1.29 is 9.66 Å². The van der Waals surface area contributed by atoms with Crippen LogP contribution in [0.4, 0.5) is 5.69 Å². The van der Waals surface area contributed by atoms with Crippen LogP contribution in [0.5, 0.6) is 5.75 Å². The molecule has 0 spiro atoms. The molecule has 0 aliphatic rings. The van der Waals surface area contributed by atoms with Crippen LogP contribution >= 0.6 is 12.2 Å². The summed E-state index contributed by atoms with van der Waals surface area (Å²) in [5.41, 5.74) is 7.99. The quantitative estimate of drug-likeness (QED) is 0.359. The minimum Gasteiger partial charge on any atom is -0.493 e. The van der Waals surface area contributed by atoms with E-state index in [9.17, 15) is 10.1 Å². The topological polar surface area (TPSA) is 103 Å². The summed E-state index contributed by atoms with van der Waals surface area (Å²) in [5.74, 6) is 0.497. The summed E-state index contributed by atoms with van der Waals surface area (Å²) in [6, 6.07) is 4.24. The Bertz CT molecular complexity index is 490. The minimum atomic E-state index is -0.492. The van der Waals surface area contributed by atoms with Gasteiger partial charge in [0, 0.05) is 17.7 Å². The summed E-state index contributed by atoms with van der Waals surface area (Å²) in [6.07, 6.45) is 1.36. The average Bonchev–Trinajstić information content (AvgIpc) is 2.30. The predicted molar refractivity (Wildman–Crippen MR) is 71.8 cm³/mol. The van der Waals surface area contributed by atoms with Crippen LogP contribution in [-0.2, 0) is 0 Å². The van der Waals surface area contributed by atoms with Crippen molar-refractivity contribution in [1.82, 2.24) is 5.43 Å². The van der Waals surface area contributed by atoms with E-state index in [2.05, 4.69) is 22.7 Å². The molecule has 0 amide bonds. The number of nitro groups is 1. The lowest BCUT2D eigenvalue weighted by atomic mass is 10.2. The molecule has 7 nitrogen and oxygen atoms in total. The Kier molecular flexibility index (Phi) is 5.00. The second-order valence-electron chi connectivity index (χ2n) is 3.15.